The zero-order chi connectivity index (χ0) is 12.5. The van der Waals surface area contributed by atoms with Crippen molar-refractivity contribution in [2.75, 3.05) is 26.4 Å². The molecule has 0 aliphatic carbocycles. The highest BCUT2D eigenvalue weighted by Gasteiger charge is 2.10. The van der Waals surface area contributed by atoms with Gasteiger partial charge in [-0.3, -0.25) is 0 Å². The van der Waals surface area contributed by atoms with Crippen LogP contribution in [0, 0.1) is 0 Å². The number of aliphatic hydroxyl groups excluding tert-OH is 2. The first kappa shape index (κ1) is 14.0. The molecule has 96 valence electrons. The van der Waals surface area contributed by atoms with Gasteiger partial charge in [-0.15, -0.1) is 0 Å². The number of hydrogen-bond donors (Lipinski definition) is 2. The van der Waals surface area contributed by atoms with Crippen LogP contribution in [0.25, 0.3) is 0 Å². The van der Waals surface area contributed by atoms with Crippen LogP contribution in [0.1, 0.15) is 25.0 Å². The van der Waals surface area contributed by atoms with E-state index in [1.165, 1.54) is 0 Å². The average Bonchev–Trinajstić information content (AvgIpc) is 2.38. The molecular formula is C13H20O4. The van der Waals surface area contributed by atoms with E-state index in [0.717, 1.165) is 5.56 Å². The lowest BCUT2D eigenvalue weighted by Crippen LogP contribution is -2.10. The van der Waals surface area contributed by atoms with Crippen LogP contribution in [0.15, 0.2) is 24.3 Å². The number of hydrogen-bond acceptors (Lipinski definition) is 4. The molecule has 0 saturated heterocycles. The highest BCUT2D eigenvalue weighted by Crippen LogP contribution is 2.26. The molecule has 0 saturated carbocycles. The van der Waals surface area contributed by atoms with Crippen molar-refractivity contribution in [3.63, 3.8) is 0 Å². The predicted octanol–water partition coefficient (Wildman–Crippen LogP) is 1.52. The zero-order valence-corrected chi connectivity index (χ0v) is 10.1. The summed E-state index contributed by atoms with van der Waals surface area (Å²) in [7, 11) is 0. The Morgan fingerprint density at radius 3 is 2.65 bits per heavy atom. The number of aliphatic hydroxyl groups is 2. The van der Waals surface area contributed by atoms with Gasteiger partial charge in [-0.25, -0.2) is 0 Å². The quantitative estimate of drug-likeness (QED) is 0.676. The minimum atomic E-state index is -0.496. The molecule has 0 radical (unpaired) electrons. The van der Waals surface area contributed by atoms with Crippen molar-refractivity contribution in [2.24, 2.45) is 0 Å². The lowest BCUT2D eigenvalue weighted by atomic mass is 10.1. The van der Waals surface area contributed by atoms with Gasteiger partial charge < -0.3 is 19.7 Å². The standard InChI is InChI=1S/C13H20O4/c1-2-12(15)11-5-3-4-6-13(11)17-10-9-16-8-7-14/h3-6,12,14-15H,2,7-10H2,1H3. The third-order valence-corrected chi connectivity index (χ3v) is 2.39. The van der Waals surface area contributed by atoms with Gasteiger partial charge in [0.25, 0.3) is 0 Å². The van der Waals surface area contributed by atoms with Gasteiger partial charge in [0.2, 0.25) is 0 Å². The molecule has 0 fully saturated rings. The molecule has 17 heavy (non-hydrogen) atoms. The van der Waals surface area contributed by atoms with E-state index in [-0.39, 0.29) is 6.61 Å². The molecule has 0 aliphatic heterocycles. The van der Waals surface area contributed by atoms with Gasteiger partial charge in [-0.1, -0.05) is 25.1 Å². The van der Waals surface area contributed by atoms with Gasteiger partial charge in [0.05, 0.1) is 25.9 Å². The molecule has 0 heterocycles. The molecule has 2 N–H and O–H groups in total. The maximum absolute atomic E-state index is 9.81. The lowest BCUT2D eigenvalue weighted by molar-refractivity contribution is 0.0693. The van der Waals surface area contributed by atoms with Crippen LogP contribution in [-0.2, 0) is 4.74 Å². The maximum atomic E-state index is 9.81. The first-order valence-corrected chi connectivity index (χ1v) is 5.88. The molecule has 1 rings (SSSR count). The summed E-state index contributed by atoms with van der Waals surface area (Å²) in [6, 6.07) is 7.44. The summed E-state index contributed by atoms with van der Waals surface area (Å²) in [6.45, 7) is 3.10. The Bertz CT molecular complexity index is 314. The fraction of sp³-hybridized carbons (Fsp3) is 0.538. The summed E-state index contributed by atoms with van der Waals surface area (Å²) in [5.41, 5.74) is 0.803. The molecule has 0 aliphatic rings. The monoisotopic (exact) mass is 240 g/mol. The van der Waals surface area contributed by atoms with Crippen molar-refractivity contribution in [1.29, 1.82) is 0 Å². The average molecular weight is 240 g/mol. The van der Waals surface area contributed by atoms with Crippen molar-refractivity contribution < 1.29 is 19.7 Å². The third kappa shape index (κ3) is 4.73. The smallest absolute Gasteiger partial charge is 0.125 e. The van der Waals surface area contributed by atoms with E-state index in [2.05, 4.69) is 0 Å². The number of ether oxygens (including phenoxy) is 2. The largest absolute Gasteiger partial charge is 0.491 e. The SMILES string of the molecule is CCC(O)c1ccccc1OCCOCCO. The number of benzene rings is 1. The van der Waals surface area contributed by atoms with Crippen LogP contribution in [-0.4, -0.2) is 36.6 Å². The fourth-order valence-electron chi connectivity index (χ4n) is 1.48. The van der Waals surface area contributed by atoms with Crippen molar-refractivity contribution in [1.82, 2.24) is 0 Å². The molecule has 0 amide bonds. The molecule has 0 spiro atoms. The Kier molecular flexibility index (Phi) is 6.62. The second kappa shape index (κ2) is 8.06. The second-order valence-corrected chi connectivity index (χ2v) is 3.65. The van der Waals surface area contributed by atoms with Crippen LogP contribution >= 0.6 is 0 Å². The van der Waals surface area contributed by atoms with E-state index in [1.807, 2.05) is 31.2 Å². The maximum Gasteiger partial charge on any atom is 0.125 e. The van der Waals surface area contributed by atoms with Gasteiger partial charge in [-0.05, 0) is 12.5 Å². The minimum Gasteiger partial charge on any atom is -0.491 e. The van der Waals surface area contributed by atoms with E-state index >= 15 is 0 Å². The van der Waals surface area contributed by atoms with E-state index in [4.69, 9.17) is 14.6 Å². The molecular weight excluding hydrogens is 220 g/mol. The van der Waals surface area contributed by atoms with Crippen molar-refractivity contribution in [2.45, 2.75) is 19.4 Å². The summed E-state index contributed by atoms with van der Waals surface area (Å²) < 4.78 is 10.6. The molecule has 1 aromatic rings. The van der Waals surface area contributed by atoms with E-state index in [9.17, 15) is 5.11 Å². The summed E-state index contributed by atoms with van der Waals surface area (Å²) in [4.78, 5) is 0. The normalized spacial score (nSPS) is 12.4. The summed E-state index contributed by atoms with van der Waals surface area (Å²) >= 11 is 0. The fourth-order valence-corrected chi connectivity index (χ4v) is 1.48. The lowest BCUT2D eigenvalue weighted by Gasteiger charge is -2.14. The van der Waals surface area contributed by atoms with E-state index < -0.39 is 6.10 Å². The second-order valence-electron chi connectivity index (χ2n) is 3.65. The Hall–Kier alpha value is -1.10. The van der Waals surface area contributed by atoms with Gasteiger partial charge in [0.1, 0.15) is 12.4 Å². The third-order valence-electron chi connectivity index (χ3n) is 2.39. The summed E-state index contributed by atoms with van der Waals surface area (Å²) in [5, 5.41) is 18.3. The summed E-state index contributed by atoms with van der Waals surface area (Å²) in [6.07, 6.45) is 0.158. The zero-order valence-electron chi connectivity index (χ0n) is 10.1. The minimum absolute atomic E-state index is 0.0190. The molecule has 1 atom stereocenters. The van der Waals surface area contributed by atoms with Crippen molar-refractivity contribution >= 4 is 0 Å². The van der Waals surface area contributed by atoms with Crippen molar-refractivity contribution in [3.8, 4) is 5.75 Å². The van der Waals surface area contributed by atoms with Crippen LogP contribution in [0.2, 0.25) is 0 Å². The Morgan fingerprint density at radius 2 is 1.94 bits per heavy atom. The Balaban J connectivity index is 2.46. The van der Waals surface area contributed by atoms with Gasteiger partial charge in [-0.2, -0.15) is 0 Å². The highest BCUT2D eigenvalue weighted by molar-refractivity contribution is 5.34. The molecule has 1 aromatic carbocycles. The van der Waals surface area contributed by atoms with Crippen LogP contribution in [0.5, 0.6) is 5.75 Å². The number of rotatable bonds is 8. The van der Waals surface area contributed by atoms with Crippen LogP contribution in [0.3, 0.4) is 0 Å². The van der Waals surface area contributed by atoms with Gasteiger partial charge in [0.15, 0.2) is 0 Å². The Labute approximate surface area is 102 Å². The molecule has 4 heteroatoms. The molecule has 4 nitrogen and oxygen atoms in total. The topological polar surface area (TPSA) is 58.9 Å². The summed E-state index contributed by atoms with van der Waals surface area (Å²) in [5.74, 6) is 0.689. The van der Waals surface area contributed by atoms with E-state index in [1.54, 1.807) is 0 Å². The molecule has 0 bridgehead atoms. The predicted molar refractivity (Wildman–Crippen MR) is 65.1 cm³/mol. The Morgan fingerprint density at radius 1 is 1.18 bits per heavy atom. The molecule has 0 aromatic heterocycles. The first-order chi connectivity index (χ1) is 8.29. The van der Waals surface area contributed by atoms with Crippen molar-refractivity contribution in [3.05, 3.63) is 29.8 Å². The van der Waals surface area contributed by atoms with Crippen LogP contribution < -0.4 is 4.74 Å². The van der Waals surface area contributed by atoms with E-state index in [0.29, 0.717) is 32.0 Å². The number of para-hydroxylation sites is 1. The highest BCUT2D eigenvalue weighted by atomic mass is 16.5. The van der Waals surface area contributed by atoms with Crippen LogP contribution in [0.4, 0.5) is 0 Å². The van der Waals surface area contributed by atoms with Gasteiger partial charge >= 0.3 is 0 Å². The molecule has 1 unspecified atom stereocenters. The first-order valence-electron chi connectivity index (χ1n) is 5.88. The van der Waals surface area contributed by atoms with Gasteiger partial charge in [0, 0.05) is 5.56 Å².